The Hall–Kier alpha value is -2.97. The van der Waals surface area contributed by atoms with Crippen molar-refractivity contribution in [3.63, 3.8) is 0 Å². The summed E-state index contributed by atoms with van der Waals surface area (Å²) in [5, 5.41) is 6.37. The molecule has 0 radical (unpaired) electrons. The molecule has 0 saturated carbocycles. The Bertz CT molecular complexity index is 998. The largest absolute Gasteiger partial charge is 0.493 e. The molecule has 0 bridgehead atoms. The van der Waals surface area contributed by atoms with E-state index >= 15 is 0 Å². The number of halogens is 2. The molecule has 2 aromatic rings. The fraction of sp³-hybridized carbons (Fsp3) is 0.577. The Morgan fingerprint density at radius 1 is 1.20 bits per heavy atom. The zero-order valence-corrected chi connectivity index (χ0v) is 20.4. The van der Waals surface area contributed by atoms with Crippen molar-refractivity contribution < 1.29 is 22.8 Å². The fourth-order valence-corrected chi connectivity index (χ4v) is 4.52. The normalized spacial score (nSPS) is 19.2. The van der Waals surface area contributed by atoms with Crippen molar-refractivity contribution in [3.05, 3.63) is 41.7 Å². The molecule has 1 fully saturated rings. The van der Waals surface area contributed by atoms with Crippen molar-refractivity contribution in [2.75, 3.05) is 31.1 Å². The van der Waals surface area contributed by atoms with Gasteiger partial charge in [0.25, 0.3) is 6.43 Å². The lowest BCUT2D eigenvalue weighted by Crippen LogP contribution is -2.35. The molecule has 1 aromatic carbocycles. The number of carbonyl (C=O) groups excluding carboxylic acids is 1. The van der Waals surface area contributed by atoms with Crippen LogP contribution in [0.3, 0.4) is 0 Å². The molecule has 190 valence electrons. The average molecular weight is 489 g/mol. The molecular weight excluding hydrogens is 454 g/mol. The van der Waals surface area contributed by atoms with E-state index in [-0.39, 0.29) is 17.7 Å². The Kier molecular flexibility index (Phi) is 8.36. The van der Waals surface area contributed by atoms with Crippen LogP contribution in [-0.2, 0) is 4.79 Å². The van der Waals surface area contributed by atoms with E-state index in [9.17, 15) is 13.6 Å². The Labute approximate surface area is 204 Å². The number of nitrogens with zero attached hydrogens (tertiary/aromatic N) is 3. The molecule has 9 heteroatoms. The van der Waals surface area contributed by atoms with E-state index in [1.807, 2.05) is 30.3 Å². The molecule has 1 aromatic heterocycles. The smallest absolute Gasteiger partial charge is 0.324 e. The first-order valence-electron chi connectivity index (χ1n) is 12.5. The Morgan fingerprint density at radius 3 is 2.54 bits per heavy atom. The summed E-state index contributed by atoms with van der Waals surface area (Å²) in [6.45, 7) is 5.95. The first kappa shape index (κ1) is 25.1. The molecule has 1 unspecified atom stereocenters. The van der Waals surface area contributed by atoms with Crippen LogP contribution >= 0.6 is 0 Å². The van der Waals surface area contributed by atoms with Gasteiger partial charge in [-0.1, -0.05) is 37.2 Å². The van der Waals surface area contributed by atoms with Crippen LogP contribution in [0.5, 0.6) is 5.75 Å². The molecular formula is C26H34F2N4O3. The third-order valence-corrected chi connectivity index (χ3v) is 6.76. The van der Waals surface area contributed by atoms with Crippen LogP contribution in [0.2, 0.25) is 0 Å². The number of alkyl halides is 2. The standard InChI is InChI=1S/C26H34F2N4O3/c1-17(2)24-30-26(35-31-24)32-13-11-18(12-14-32)16-34-22-9-7-20(8-10-22)19-3-5-21(6-4-19)25(33)29-15-23(27)28/h3,7-10,17-18,21,23H,4-6,11-16H2,1-2H3,(H,29,33). The molecule has 1 saturated heterocycles. The van der Waals surface area contributed by atoms with Gasteiger partial charge in [0.15, 0.2) is 5.82 Å². The molecule has 1 N–H and O–H groups in total. The second-order valence-corrected chi connectivity index (χ2v) is 9.69. The summed E-state index contributed by atoms with van der Waals surface area (Å²) in [5.74, 6) is 1.80. The van der Waals surface area contributed by atoms with Gasteiger partial charge in [-0.15, -0.1) is 0 Å². The molecule has 7 nitrogen and oxygen atoms in total. The molecule has 0 spiro atoms. The highest BCUT2D eigenvalue weighted by atomic mass is 19.3. The number of hydrogen-bond donors (Lipinski definition) is 1. The van der Waals surface area contributed by atoms with Gasteiger partial charge >= 0.3 is 6.01 Å². The predicted molar refractivity (Wildman–Crippen MR) is 130 cm³/mol. The van der Waals surface area contributed by atoms with E-state index in [4.69, 9.17) is 9.26 Å². The third kappa shape index (κ3) is 6.80. The van der Waals surface area contributed by atoms with Crippen molar-refractivity contribution in [2.24, 2.45) is 11.8 Å². The van der Waals surface area contributed by atoms with E-state index in [0.717, 1.165) is 49.5 Å². The highest BCUT2D eigenvalue weighted by molar-refractivity contribution is 5.80. The predicted octanol–water partition coefficient (Wildman–Crippen LogP) is 5.05. The summed E-state index contributed by atoms with van der Waals surface area (Å²) < 4.78 is 36.1. The number of ether oxygens (including phenoxy) is 1. The second kappa shape index (κ2) is 11.6. The van der Waals surface area contributed by atoms with Gasteiger partial charge in [0.05, 0.1) is 13.2 Å². The van der Waals surface area contributed by atoms with Crippen LogP contribution in [0.25, 0.3) is 5.57 Å². The van der Waals surface area contributed by atoms with Gasteiger partial charge in [0.2, 0.25) is 5.91 Å². The SMILES string of the molecule is CC(C)c1noc(N2CCC(COc3ccc(C4=CCC(C(=O)NCC(F)F)CC4)cc3)CC2)n1. The summed E-state index contributed by atoms with van der Waals surface area (Å²) in [6, 6.07) is 8.67. The van der Waals surface area contributed by atoms with Gasteiger partial charge in [-0.2, -0.15) is 4.98 Å². The van der Waals surface area contributed by atoms with Gasteiger partial charge in [0.1, 0.15) is 5.75 Å². The number of allylic oxidation sites excluding steroid dienone is 2. The number of anilines is 1. The van der Waals surface area contributed by atoms with Gasteiger partial charge in [-0.25, -0.2) is 8.78 Å². The van der Waals surface area contributed by atoms with Crippen LogP contribution in [0.4, 0.5) is 14.8 Å². The van der Waals surface area contributed by atoms with Crippen LogP contribution < -0.4 is 15.0 Å². The number of hydrogen-bond acceptors (Lipinski definition) is 6. The number of rotatable bonds is 9. The van der Waals surface area contributed by atoms with E-state index in [2.05, 4.69) is 34.2 Å². The summed E-state index contributed by atoms with van der Waals surface area (Å²) in [4.78, 5) is 18.6. The summed E-state index contributed by atoms with van der Waals surface area (Å²) >= 11 is 0. The molecule has 1 aliphatic carbocycles. The quantitative estimate of drug-likeness (QED) is 0.532. The first-order valence-corrected chi connectivity index (χ1v) is 12.5. The van der Waals surface area contributed by atoms with Crippen LogP contribution in [0.15, 0.2) is 34.9 Å². The zero-order valence-electron chi connectivity index (χ0n) is 20.4. The lowest BCUT2D eigenvalue weighted by molar-refractivity contribution is -0.125. The lowest BCUT2D eigenvalue weighted by Gasteiger charge is -2.30. The Morgan fingerprint density at radius 2 is 1.94 bits per heavy atom. The number of amides is 1. The minimum Gasteiger partial charge on any atom is -0.493 e. The van der Waals surface area contributed by atoms with Gasteiger partial charge in [0, 0.05) is 24.9 Å². The first-order chi connectivity index (χ1) is 16.9. The van der Waals surface area contributed by atoms with E-state index in [1.54, 1.807) is 0 Å². The van der Waals surface area contributed by atoms with Crippen LogP contribution in [0, 0.1) is 11.8 Å². The Balaban J connectivity index is 1.20. The molecule has 2 heterocycles. The van der Waals surface area contributed by atoms with Crippen molar-refractivity contribution in [1.82, 2.24) is 15.5 Å². The number of piperidine rings is 1. The van der Waals surface area contributed by atoms with Gasteiger partial charge in [-0.3, -0.25) is 4.79 Å². The summed E-state index contributed by atoms with van der Waals surface area (Å²) in [6.07, 6.45) is 3.55. The maximum atomic E-state index is 12.3. The zero-order chi connectivity index (χ0) is 24.8. The number of aromatic nitrogens is 2. The van der Waals surface area contributed by atoms with E-state index < -0.39 is 13.0 Å². The van der Waals surface area contributed by atoms with Crippen LogP contribution in [-0.4, -0.2) is 48.7 Å². The molecule has 4 rings (SSSR count). The van der Waals surface area contributed by atoms with E-state index in [1.165, 1.54) is 5.57 Å². The minimum atomic E-state index is -2.52. The highest BCUT2D eigenvalue weighted by Crippen LogP contribution is 2.31. The highest BCUT2D eigenvalue weighted by Gasteiger charge is 2.25. The molecule has 1 amide bonds. The number of carbonyl (C=O) groups is 1. The fourth-order valence-electron chi connectivity index (χ4n) is 4.52. The topological polar surface area (TPSA) is 80.5 Å². The molecule has 35 heavy (non-hydrogen) atoms. The van der Waals surface area contributed by atoms with E-state index in [0.29, 0.717) is 31.4 Å². The van der Waals surface area contributed by atoms with Crippen LogP contribution in [0.1, 0.15) is 63.3 Å². The second-order valence-electron chi connectivity index (χ2n) is 9.69. The van der Waals surface area contributed by atoms with Crippen molar-refractivity contribution in [2.45, 2.75) is 58.3 Å². The number of benzene rings is 1. The van der Waals surface area contributed by atoms with Crippen molar-refractivity contribution in [3.8, 4) is 5.75 Å². The van der Waals surface area contributed by atoms with Crippen molar-refractivity contribution in [1.29, 1.82) is 0 Å². The van der Waals surface area contributed by atoms with Crippen molar-refractivity contribution >= 4 is 17.5 Å². The third-order valence-electron chi connectivity index (χ3n) is 6.76. The lowest BCUT2D eigenvalue weighted by atomic mass is 9.86. The monoisotopic (exact) mass is 488 g/mol. The average Bonchev–Trinajstić information content (AvgIpc) is 3.38. The molecule has 1 atom stereocenters. The maximum absolute atomic E-state index is 12.3. The van der Waals surface area contributed by atoms with Gasteiger partial charge < -0.3 is 19.5 Å². The molecule has 2 aliphatic rings. The summed E-state index contributed by atoms with van der Waals surface area (Å²) in [7, 11) is 0. The number of nitrogens with one attached hydrogen (secondary N) is 1. The van der Waals surface area contributed by atoms with Gasteiger partial charge in [-0.05, 0) is 61.3 Å². The minimum absolute atomic E-state index is 0.233. The molecule has 1 aliphatic heterocycles. The summed E-state index contributed by atoms with van der Waals surface area (Å²) in [5.41, 5.74) is 2.29. The maximum Gasteiger partial charge on any atom is 0.324 e.